The molecule has 0 rings (SSSR count). The van der Waals surface area contributed by atoms with Crippen LogP contribution in [-0.4, -0.2) is 12.2 Å². The number of hydrogen-bond donors (Lipinski definition) is 1. The van der Waals surface area contributed by atoms with Gasteiger partial charge < -0.3 is 5.09 Å². The Bertz CT molecular complexity index is 71.9. The Hall–Kier alpha value is -0.430. The van der Waals surface area contributed by atoms with Crippen LogP contribution in [0.2, 0.25) is 0 Å². The summed E-state index contributed by atoms with van der Waals surface area (Å²) in [6, 6.07) is 0. The number of carbonyl (C=O) groups excluding carboxylic acids is 2. The van der Waals surface area contributed by atoms with Crippen LogP contribution in [0.1, 0.15) is 0 Å². The van der Waals surface area contributed by atoms with Crippen LogP contribution in [0.3, 0.4) is 0 Å². The molecular weight excluding hydrogens is 101 g/mol. The van der Waals surface area contributed by atoms with E-state index in [9.17, 15) is 9.59 Å². The average Bonchev–Trinajstić information content (AvgIpc) is 1.65. The van der Waals surface area contributed by atoms with Crippen molar-refractivity contribution in [2.24, 2.45) is 0 Å². The molecule has 0 radical (unpaired) electrons. The summed E-state index contributed by atoms with van der Waals surface area (Å²) in [5, 5.41) is 2.02. The average molecular weight is 105 g/mol. The molecule has 34 valence electrons. The molecule has 0 saturated heterocycles. The number of nitrogens with one attached hydrogen (secondary N) is 1. The van der Waals surface area contributed by atoms with E-state index in [-0.39, 0.29) is 6.29 Å². The molecule has 0 aliphatic carbocycles. The van der Waals surface area contributed by atoms with Gasteiger partial charge in [-0.2, -0.15) is 0 Å². The van der Waals surface area contributed by atoms with Gasteiger partial charge in [0.2, 0.25) is 6.29 Å². The summed E-state index contributed by atoms with van der Waals surface area (Å²) in [6.07, 6.45) is 0.201. The number of carbonyl (C=O) groups is 2. The molecule has 0 aromatic heterocycles. The summed E-state index contributed by atoms with van der Waals surface area (Å²) in [4.78, 5) is 19.0. The molecule has 1 amide bonds. The monoisotopic (exact) mass is 105 g/mol. The zero-order valence-electron chi connectivity index (χ0n) is 2.97. The fraction of sp³-hybridized carbons (Fsp3) is 0. The van der Waals surface area contributed by atoms with Crippen LogP contribution in [0.15, 0.2) is 0 Å². The maximum absolute atomic E-state index is 9.68. The Balaban J connectivity index is 3.23. The summed E-state index contributed by atoms with van der Waals surface area (Å²) in [5.74, 6) is -0.625. The molecule has 4 heteroatoms. The molecule has 0 saturated carbocycles. The zero-order valence-corrected chi connectivity index (χ0v) is 4.13. The molecule has 1 unspecified atom stereocenters. The van der Waals surface area contributed by atoms with Crippen molar-refractivity contribution in [1.82, 2.24) is 5.09 Å². The van der Waals surface area contributed by atoms with Crippen molar-refractivity contribution in [2.45, 2.75) is 0 Å². The van der Waals surface area contributed by atoms with E-state index in [1.54, 1.807) is 0 Å². The van der Waals surface area contributed by atoms with Crippen LogP contribution < -0.4 is 5.09 Å². The number of aldehydes is 1. The molecule has 1 N–H and O–H groups in total. The molecular formula is C2H4NO2P. The van der Waals surface area contributed by atoms with Crippen molar-refractivity contribution >= 4 is 21.6 Å². The minimum atomic E-state index is -0.625. The summed E-state index contributed by atoms with van der Waals surface area (Å²) >= 11 is 0. The minimum Gasteiger partial charge on any atom is -0.334 e. The first-order chi connectivity index (χ1) is 2.81. The lowest BCUT2D eigenvalue weighted by Gasteiger charge is -1.78. The van der Waals surface area contributed by atoms with Crippen molar-refractivity contribution in [3.05, 3.63) is 0 Å². The largest absolute Gasteiger partial charge is 0.334 e. The van der Waals surface area contributed by atoms with E-state index < -0.39 is 5.91 Å². The summed E-state index contributed by atoms with van der Waals surface area (Å²) in [5.41, 5.74) is 0. The van der Waals surface area contributed by atoms with E-state index in [0.29, 0.717) is 0 Å². The van der Waals surface area contributed by atoms with Crippen molar-refractivity contribution in [3.8, 4) is 0 Å². The fourth-order valence-corrected chi connectivity index (χ4v) is 0.102. The molecule has 0 aliphatic rings. The molecule has 0 fully saturated rings. The van der Waals surface area contributed by atoms with Crippen molar-refractivity contribution in [2.75, 3.05) is 0 Å². The van der Waals surface area contributed by atoms with E-state index >= 15 is 0 Å². The first-order valence-corrected chi connectivity index (χ1v) is 1.84. The van der Waals surface area contributed by atoms with Gasteiger partial charge in [-0.3, -0.25) is 9.59 Å². The van der Waals surface area contributed by atoms with Crippen molar-refractivity contribution in [1.29, 1.82) is 0 Å². The Morgan fingerprint density at radius 3 is 2.33 bits per heavy atom. The smallest absolute Gasteiger partial charge is 0.286 e. The van der Waals surface area contributed by atoms with Gasteiger partial charge >= 0.3 is 0 Å². The SMILES string of the molecule is O=CC(=O)NP. The van der Waals surface area contributed by atoms with Gasteiger partial charge in [0.25, 0.3) is 5.91 Å². The highest BCUT2D eigenvalue weighted by Gasteiger charge is 1.85. The van der Waals surface area contributed by atoms with Gasteiger partial charge in [0.05, 0.1) is 0 Å². The van der Waals surface area contributed by atoms with E-state index in [1.807, 2.05) is 14.5 Å². The molecule has 0 aliphatic heterocycles. The Morgan fingerprint density at radius 2 is 2.33 bits per heavy atom. The van der Waals surface area contributed by atoms with Crippen LogP contribution in [-0.2, 0) is 9.59 Å². The van der Waals surface area contributed by atoms with Gasteiger partial charge in [-0.15, -0.1) is 0 Å². The van der Waals surface area contributed by atoms with E-state index in [2.05, 4.69) is 0 Å². The van der Waals surface area contributed by atoms with E-state index in [0.717, 1.165) is 0 Å². The lowest BCUT2D eigenvalue weighted by atomic mass is 10.7. The maximum atomic E-state index is 9.68. The third-order valence-electron chi connectivity index (χ3n) is 0.249. The van der Waals surface area contributed by atoms with Gasteiger partial charge in [-0.1, -0.05) is 0 Å². The predicted octanol–water partition coefficient (Wildman–Crippen LogP) is -0.908. The standard InChI is InChI=1S/C2H4NO2P/c4-1-2(5)3-6/h1H,6H2,(H,3,5). The van der Waals surface area contributed by atoms with Crippen molar-refractivity contribution in [3.63, 3.8) is 0 Å². The minimum absolute atomic E-state index is 0.201. The van der Waals surface area contributed by atoms with Crippen LogP contribution in [0.5, 0.6) is 0 Å². The van der Waals surface area contributed by atoms with Gasteiger partial charge in [0, 0.05) is 0 Å². The highest BCUT2D eigenvalue weighted by atomic mass is 31.0. The predicted molar refractivity (Wildman–Crippen MR) is 23.9 cm³/mol. The van der Waals surface area contributed by atoms with Gasteiger partial charge in [-0.05, 0) is 9.39 Å². The van der Waals surface area contributed by atoms with E-state index in [1.165, 1.54) is 0 Å². The number of rotatable bonds is 1. The fourth-order valence-electron chi connectivity index (χ4n) is 0.0340. The lowest BCUT2D eigenvalue weighted by Crippen LogP contribution is -2.11. The third-order valence-corrected chi connectivity index (χ3v) is 0.534. The Kier molecular flexibility index (Phi) is 2.59. The van der Waals surface area contributed by atoms with Crippen molar-refractivity contribution < 1.29 is 9.59 Å². The molecule has 0 aromatic carbocycles. The normalized spacial score (nSPS) is 6.83. The highest BCUT2D eigenvalue weighted by Crippen LogP contribution is 1.62. The van der Waals surface area contributed by atoms with Crippen LogP contribution in [0.4, 0.5) is 0 Å². The molecule has 0 bridgehead atoms. The molecule has 6 heavy (non-hydrogen) atoms. The second-order valence-corrected chi connectivity index (χ2v) is 0.915. The van der Waals surface area contributed by atoms with Gasteiger partial charge in [-0.25, -0.2) is 0 Å². The molecule has 1 atom stereocenters. The maximum Gasteiger partial charge on any atom is 0.286 e. The van der Waals surface area contributed by atoms with Crippen LogP contribution in [0, 0.1) is 0 Å². The number of hydrogen-bond acceptors (Lipinski definition) is 2. The van der Waals surface area contributed by atoms with E-state index in [4.69, 9.17) is 0 Å². The molecule has 0 spiro atoms. The third kappa shape index (κ3) is 1.85. The van der Waals surface area contributed by atoms with Gasteiger partial charge in [0.1, 0.15) is 0 Å². The first kappa shape index (κ1) is 5.57. The summed E-state index contributed by atoms with van der Waals surface area (Å²) in [7, 11) is 1.91. The Labute approximate surface area is 37.4 Å². The highest BCUT2D eigenvalue weighted by molar-refractivity contribution is 7.15. The second-order valence-electron chi connectivity index (χ2n) is 0.626. The molecule has 0 heterocycles. The Morgan fingerprint density at radius 1 is 1.83 bits per heavy atom. The second kappa shape index (κ2) is 2.79. The molecule has 0 aromatic rings. The van der Waals surface area contributed by atoms with Crippen LogP contribution >= 0.6 is 9.39 Å². The summed E-state index contributed by atoms with van der Waals surface area (Å²) < 4.78 is 0. The number of amides is 1. The summed E-state index contributed by atoms with van der Waals surface area (Å²) in [6.45, 7) is 0. The quantitative estimate of drug-likeness (QED) is 0.266. The van der Waals surface area contributed by atoms with Gasteiger partial charge in [0.15, 0.2) is 0 Å². The topological polar surface area (TPSA) is 46.2 Å². The zero-order chi connectivity index (χ0) is 4.99. The molecule has 3 nitrogen and oxygen atoms in total. The van der Waals surface area contributed by atoms with Crippen LogP contribution in [0.25, 0.3) is 0 Å². The first-order valence-electron chi connectivity index (χ1n) is 1.27. The lowest BCUT2D eigenvalue weighted by molar-refractivity contribution is -0.129.